The van der Waals surface area contributed by atoms with Crippen LogP contribution in [0.25, 0.3) is 11.1 Å². The molecule has 2 heteroatoms. The van der Waals surface area contributed by atoms with Crippen LogP contribution in [0.2, 0.25) is 0 Å². The van der Waals surface area contributed by atoms with Gasteiger partial charge in [-0.15, -0.1) is 0 Å². The van der Waals surface area contributed by atoms with Crippen molar-refractivity contribution in [3.05, 3.63) is 42.1 Å². The Labute approximate surface area is 96.7 Å². The van der Waals surface area contributed by atoms with Crippen LogP contribution in [0.4, 0.5) is 5.82 Å². The van der Waals surface area contributed by atoms with Crippen molar-refractivity contribution >= 4 is 5.82 Å². The van der Waals surface area contributed by atoms with E-state index in [1.807, 2.05) is 0 Å². The number of aryl methyl sites for hydroxylation is 1. The van der Waals surface area contributed by atoms with Crippen LogP contribution in [0.1, 0.15) is 25.5 Å². The lowest BCUT2D eigenvalue weighted by molar-refractivity contribution is 0.612. The van der Waals surface area contributed by atoms with Gasteiger partial charge in [0.15, 0.2) is 0 Å². The Hall–Kier alpha value is -1.70. The standard InChI is InChI=1S/C14H18N2/c1-10(2)16-9-8-13(14(16)15)12-7-5-4-6-11(12)3/h4-10H,15H2,1-3H3. The molecule has 0 atom stereocenters. The molecule has 1 aromatic heterocycles. The summed E-state index contributed by atoms with van der Waals surface area (Å²) in [4.78, 5) is 0. The minimum atomic E-state index is 0.401. The summed E-state index contributed by atoms with van der Waals surface area (Å²) < 4.78 is 2.10. The fraction of sp³-hybridized carbons (Fsp3) is 0.286. The second-order valence-electron chi connectivity index (χ2n) is 4.43. The molecule has 0 spiro atoms. The lowest BCUT2D eigenvalue weighted by atomic mass is 10.0. The van der Waals surface area contributed by atoms with Gasteiger partial charge in [-0.25, -0.2) is 0 Å². The van der Waals surface area contributed by atoms with Crippen molar-refractivity contribution in [2.75, 3.05) is 5.73 Å². The first-order valence-electron chi connectivity index (χ1n) is 5.63. The predicted octanol–water partition coefficient (Wildman–Crippen LogP) is 3.63. The topological polar surface area (TPSA) is 30.9 Å². The SMILES string of the molecule is Cc1ccccc1-c1ccn(C(C)C)c1N. The highest BCUT2D eigenvalue weighted by molar-refractivity contribution is 5.77. The van der Waals surface area contributed by atoms with Crippen LogP contribution in [-0.4, -0.2) is 4.57 Å². The van der Waals surface area contributed by atoms with Gasteiger partial charge in [-0.3, -0.25) is 0 Å². The fourth-order valence-electron chi connectivity index (χ4n) is 2.01. The highest BCUT2D eigenvalue weighted by Gasteiger charge is 2.10. The molecule has 0 amide bonds. The van der Waals surface area contributed by atoms with Crippen molar-refractivity contribution in [2.45, 2.75) is 26.8 Å². The summed E-state index contributed by atoms with van der Waals surface area (Å²) in [6.07, 6.45) is 2.06. The van der Waals surface area contributed by atoms with E-state index < -0.39 is 0 Å². The second-order valence-corrected chi connectivity index (χ2v) is 4.43. The molecule has 2 aromatic rings. The van der Waals surface area contributed by atoms with E-state index in [-0.39, 0.29) is 0 Å². The first kappa shape index (κ1) is 10.8. The number of nitrogens with two attached hydrogens (primary N) is 1. The van der Waals surface area contributed by atoms with E-state index in [4.69, 9.17) is 5.73 Å². The third-order valence-electron chi connectivity index (χ3n) is 2.95. The van der Waals surface area contributed by atoms with Gasteiger partial charge in [0.25, 0.3) is 0 Å². The second kappa shape index (κ2) is 4.05. The Morgan fingerprint density at radius 1 is 1.06 bits per heavy atom. The van der Waals surface area contributed by atoms with Gasteiger partial charge in [0.1, 0.15) is 5.82 Å². The zero-order chi connectivity index (χ0) is 11.7. The van der Waals surface area contributed by atoms with Crippen LogP contribution in [0.5, 0.6) is 0 Å². The Balaban J connectivity index is 2.54. The van der Waals surface area contributed by atoms with E-state index in [9.17, 15) is 0 Å². The summed E-state index contributed by atoms with van der Waals surface area (Å²) in [5, 5.41) is 0. The van der Waals surface area contributed by atoms with E-state index >= 15 is 0 Å². The molecule has 2 nitrogen and oxygen atoms in total. The average molecular weight is 214 g/mol. The number of aromatic nitrogens is 1. The molecule has 0 aliphatic heterocycles. The largest absolute Gasteiger partial charge is 0.385 e. The van der Waals surface area contributed by atoms with Gasteiger partial charge in [-0.05, 0) is 38.0 Å². The Bertz CT molecular complexity index is 495. The normalized spacial score (nSPS) is 11.0. The number of benzene rings is 1. The van der Waals surface area contributed by atoms with Crippen molar-refractivity contribution in [1.82, 2.24) is 4.57 Å². The van der Waals surface area contributed by atoms with Crippen LogP contribution >= 0.6 is 0 Å². The Kier molecular flexibility index (Phi) is 2.73. The molecule has 0 aliphatic rings. The molecule has 0 saturated heterocycles. The quantitative estimate of drug-likeness (QED) is 0.813. The lowest BCUT2D eigenvalue weighted by Gasteiger charge is -2.11. The summed E-state index contributed by atoms with van der Waals surface area (Å²) in [6, 6.07) is 10.8. The van der Waals surface area contributed by atoms with Gasteiger partial charge < -0.3 is 10.3 Å². The van der Waals surface area contributed by atoms with Crippen LogP contribution in [0.3, 0.4) is 0 Å². The molecule has 0 saturated carbocycles. The van der Waals surface area contributed by atoms with Crippen LogP contribution in [0, 0.1) is 6.92 Å². The van der Waals surface area contributed by atoms with Crippen molar-refractivity contribution in [2.24, 2.45) is 0 Å². The van der Waals surface area contributed by atoms with Gasteiger partial charge in [0.2, 0.25) is 0 Å². The van der Waals surface area contributed by atoms with Gasteiger partial charge in [-0.1, -0.05) is 24.3 Å². The molecule has 1 heterocycles. The van der Waals surface area contributed by atoms with Gasteiger partial charge in [0.05, 0.1) is 0 Å². The van der Waals surface area contributed by atoms with Crippen molar-refractivity contribution < 1.29 is 0 Å². The molecular weight excluding hydrogens is 196 g/mol. The maximum absolute atomic E-state index is 6.17. The van der Waals surface area contributed by atoms with E-state index in [1.165, 1.54) is 11.1 Å². The third-order valence-corrected chi connectivity index (χ3v) is 2.95. The molecule has 0 unspecified atom stereocenters. The van der Waals surface area contributed by atoms with E-state index in [0.29, 0.717) is 6.04 Å². The first-order valence-corrected chi connectivity index (χ1v) is 5.63. The Morgan fingerprint density at radius 3 is 2.31 bits per heavy atom. The smallest absolute Gasteiger partial charge is 0.111 e. The van der Waals surface area contributed by atoms with E-state index in [2.05, 4.69) is 61.9 Å². The number of rotatable bonds is 2. The molecule has 0 aliphatic carbocycles. The maximum atomic E-state index is 6.17. The summed E-state index contributed by atoms with van der Waals surface area (Å²) in [5.74, 6) is 0.851. The Morgan fingerprint density at radius 2 is 1.75 bits per heavy atom. The fourth-order valence-corrected chi connectivity index (χ4v) is 2.01. The molecule has 2 rings (SSSR count). The highest BCUT2D eigenvalue weighted by Crippen LogP contribution is 2.31. The molecule has 0 fully saturated rings. The minimum absolute atomic E-state index is 0.401. The van der Waals surface area contributed by atoms with E-state index in [0.717, 1.165) is 11.4 Å². The van der Waals surface area contributed by atoms with Crippen LogP contribution in [0.15, 0.2) is 36.5 Å². The number of hydrogen-bond acceptors (Lipinski definition) is 1. The summed E-state index contributed by atoms with van der Waals surface area (Å²) in [5.41, 5.74) is 9.78. The van der Waals surface area contributed by atoms with Gasteiger partial charge >= 0.3 is 0 Å². The molecule has 0 bridgehead atoms. The van der Waals surface area contributed by atoms with Gasteiger partial charge in [0, 0.05) is 17.8 Å². The molecular formula is C14H18N2. The lowest BCUT2D eigenvalue weighted by Crippen LogP contribution is -2.04. The molecule has 0 radical (unpaired) electrons. The molecule has 1 aromatic carbocycles. The minimum Gasteiger partial charge on any atom is -0.385 e. The molecule has 84 valence electrons. The summed E-state index contributed by atoms with van der Waals surface area (Å²) in [6.45, 7) is 6.39. The third kappa shape index (κ3) is 1.71. The van der Waals surface area contributed by atoms with Crippen molar-refractivity contribution in [3.63, 3.8) is 0 Å². The zero-order valence-electron chi connectivity index (χ0n) is 10.1. The highest BCUT2D eigenvalue weighted by atomic mass is 15.1. The average Bonchev–Trinajstić information content (AvgIpc) is 2.61. The van der Waals surface area contributed by atoms with Gasteiger partial charge in [-0.2, -0.15) is 0 Å². The predicted molar refractivity (Wildman–Crippen MR) is 69.4 cm³/mol. The number of hydrogen-bond donors (Lipinski definition) is 1. The summed E-state index contributed by atoms with van der Waals surface area (Å²) >= 11 is 0. The van der Waals surface area contributed by atoms with Crippen molar-refractivity contribution in [1.29, 1.82) is 0 Å². The molecule has 16 heavy (non-hydrogen) atoms. The summed E-state index contributed by atoms with van der Waals surface area (Å²) in [7, 11) is 0. The number of nitrogen functional groups attached to an aromatic ring is 1. The maximum Gasteiger partial charge on any atom is 0.111 e. The van der Waals surface area contributed by atoms with Crippen molar-refractivity contribution in [3.8, 4) is 11.1 Å². The zero-order valence-corrected chi connectivity index (χ0v) is 10.1. The monoisotopic (exact) mass is 214 g/mol. The van der Waals surface area contributed by atoms with Crippen LogP contribution < -0.4 is 5.73 Å². The molecule has 2 N–H and O–H groups in total. The van der Waals surface area contributed by atoms with E-state index in [1.54, 1.807) is 0 Å². The number of nitrogens with zero attached hydrogens (tertiary/aromatic N) is 1. The van der Waals surface area contributed by atoms with Crippen LogP contribution in [-0.2, 0) is 0 Å². The first-order chi connectivity index (χ1) is 7.61. The number of anilines is 1.